The Labute approximate surface area is 167 Å². The number of ether oxygens (including phenoxy) is 1. The van der Waals surface area contributed by atoms with Gasteiger partial charge in [0.1, 0.15) is 5.60 Å². The van der Waals surface area contributed by atoms with E-state index in [0.29, 0.717) is 17.2 Å². The highest BCUT2D eigenvalue weighted by Crippen LogP contribution is 2.21. The first kappa shape index (κ1) is 20.5. The molecule has 28 heavy (non-hydrogen) atoms. The van der Waals surface area contributed by atoms with Gasteiger partial charge in [0.05, 0.1) is 0 Å². The standard InChI is InChI=1S/C21H32N4O3/c1-21(2,3)28-20(27)25-9-8-16(15-25)14-23-10-12-24(13-11-23)19(26)17-4-6-18(22)7-5-17/h4-7,16H,8-15,22H2,1-3H3. The van der Waals surface area contributed by atoms with Crippen molar-refractivity contribution in [2.75, 3.05) is 51.5 Å². The zero-order valence-electron chi connectivity index (χ0n) is 17.2. The molecule has 1 atom stereocenters. The van der Waals surface area contributed by atoms with Crippen LogP contribution in [0.25, 0.3) is 0 Å². The second-order valence-electron chi connectivity index (χ2n) is 8.80. The molecule has 0 bridgehead atoms. The molecular weight excluding hydrogens is 356 g/mol. The molecule has 1 unspecified atom stereocenters. The predicted molar refractivity (Wildman–Crippen MR) is 109 cm³/mol. The Morgan fingerprint density at radius 2 is 1.68 bits per heavy atom. The molecule has 7 heteroatoms. The van der Waals surface area contributed by atoms with Crippen LogP contribution in [0.5, 0.6) is 0 Å². The molecule has 2 N–H and O–H groups in total. The molecule has 2 heterocycles. The van der Waals surface area contributed by atoms with E-state index in [0.717, 1.165) is 52.2 Å². The van der Waals surface area contributed by atoms with Crippen LogP contribution in [0.2, 0.25) is 0 Å². The summed E-state index contributed by atoms with van der Waals surface area (Å²) in [5.41, 5.74) is 6.59. The Balaban J connectivity index is 1.43. The van der Waals surface area contributed by atoms with Gasteiger partial charge >= 0.3 is 6.09 Å². The van der Waals surface area contributed by atoms with Gasteiger partial charge < -0.3 is 20.3 Å². The number of carbonyl (C=O) groups is 2. The molecule has 0 radical (unpaired) electrons. The molecule has 2 saturated heterocycles. The zero-order valence-corrected chi connectivity index (χ0v) is 17.2. The molecular formula is C21H32N4O3. The van der Waals surface area contributed by atoms with Crippen LogP contribution in [0.1, 0.15) is 37.6 Å². The highest BCUT2D eigenvalue weighted by molar-refractivity contribution is 5.94. The smallest absolute Gasteiger partial charge is 0.410 e. The van der Waals surface area contributed by atoms with E-state index in [1.807, 2.05) is 30.6 Å². The number of benzene rings is 1. The summed E-state index contributed by atoms with van der Waals surface area (Å²) in [6.45, 7) is 11.3. The van der Waals surface area contributed by atoms with Crippen LogP contribution in [0, 0.1) is 5.92 Å². The van der Waals surface area contributed by atoms with E-state index in [1.165, 1.54) is 0 Å². The number of nitrogen functional groups attached to an aromatic ring is 1. The van der Waals surface area contributed by atoms with E-state index in [2.05, 4.69) is 4.90 Å². The number of piperazine rings is 1. The number of anilines is 1. The number of hydrogen-bond acceptors (Lipinski definition) is 5. The van der Waals surface area contributed by atoms with Crippen LogP contribution in [0.15, 0.2) is 24.3 Å². The first-order chi connectivity index (χ1) is 13.2. The van der Waals surface area contributed by atoms with Gasteiger partial charge in [-0.15, -0.1) is 0 Å². The molecule has 2 aliphatic heterocycles. The number of likely N-dealkylation sites (tertiary alicyclic amines) is 1. The van der Waals surface area contributed by atoms with Crippen LogP contribution in [0.3, 0.4) is 0 Å². The first-order valence-corrected chi connectivity index (χ1v) is 10.1. The third kappa shape index (κ3) is 5.38. The Morgan fingerprint density at radius 3 is 2.29 bits per heavy atom. The van der Waals surface area contributed by atoms with E-state index in [1.54, 1.807) is 24.3 Å². The number of nitrogens with zero attached hydrogens (tertiary/aromatic N) is 3. The van der Waals surface area contributed by atoms with Crippen molar-refractivity contribution in [1.29, 1.82) is 0 Å². The zero-order chi connectivity index (χ0) is 20.3. The molecule has 0 aromatic heterocycles. The normalized spacial score (nSPS) is 21.0. The third-order valence-corrected chi connectivity index (χ3v) is 5.27. The first-order valence-electron chi connectivity index (χ1n) is 10.1. The fourth-order valence-electron chi connectivity index (χ4n) is 3.78. The maximum atomic E-state index is 12.6. The summed E-state index contributed by atoms with van der Waals surface area (Å²) in [7, 11) is 0. The number of carbonyl (C=O) groups excluding carboxylic acids is 2. The van der Waals surface area contributed by atoms with Crippen LogP contribution in [-0.4, -0.2) is 78.1 Å². The van der Waals surface area contributed by atoms with E-state index in [-0.39, 0.29) is 12.0 Å². The van der Waals surface area contributed by atoms with Crippen molar-refractivity contribution in [1.82, 2.24) is 14.7 Å². The third-order valence-electron chi connectivity index (χ3n) is 5.27. The topological polar surface area (TPSA) is 79.1 Å². The lowest BCUT2D eigenvalue weighted by Gasteiger charge is -2.36. The lowest BCUT2D eigenvalue weighted by Crippen LogP contribution is -2.50. The molecule has 0 spiro atoms. The molecule has 7 nitrogen and oxygen atoms in total. The summed E-state index contributed by atoms with van der Waals surface area (Å²) >= 11 is 0. The Morgan fingerprint density at radius 1 is 1.04 bits per heavy atom. The van der Waals surface area contributed by atoms with Gasteiger partial charge in [-0.05, 0) is 57.4 Å². The molecule has 2 fully saturated rings. The molecule has 1 aromatic carbocycles. The van der Waals surface area contributed by atoms with Gasteiger partial charge in [0.25, 0.3) is 5.91 Å². The second kappa shape index (κ2) is 8.39. The number of amides is 2. The SMILES string of the molecule is CC(C)(C)OC(=O)N1CCC(CN2CCN(C(=O)c3ccc(N)cc3)CC2)C1. The van der Waals surface area contributed by atoms with Crippen molar-refractivity contribution >= 4 is 17.7 Å². The van der Waals surface area contributed by atoms with E-state index in [9.17, 15) is 9.59 Å². The summed E-state index contributed by atoms with van der Waals surface area (Å²) in [6, 6.07) is 7.10. The molecule has 0 aliphatic carbocycles. The number of hydrogen-bond donors (Lipinski definition) is 1. The Hall–Kier alpha value is -2.28. The minimum Gasteiger partial charge on any atom is -0.444 e. The minimum absolute atomic E-state index is 0.0663. The van der Waals surface area contributed by atoms with Crippen molar-refractivity contribution in [2.45, 2.75) is 32.8 Å². The molecule has 1 aromatic rings. The van der Waals surface area contributed by atoms with Crippen molar-refractivity contribution in [3.63, 3.8) is 0 Å². The summed E-state index contributed by atoms with van der Waals surface area (Å²) in [4.78, 5) is 30.9. The summed E-state index contributed by atoms with van der Waals surface area (Å²) in [6.07, 6.45) is 0.790. The van der Waals surface area contributed by atoms with Gasteiger partial charge in [-0.2, -0.15) is 0 Å². The highest BCUT2D eigenvalue weighted by atomic mass is 16.6. The van der Waals surface area contributed by atoms with Crippen molar-refractivity contribution in [3.05, 3.63) is 29.8 Å². The fraction of sp³-hybridized carbons (Fsp3) is 0.619. The Kier molecular flexibility index (Phi) is 6.13. The maximum Gasteiger partial charge on any atom is 0.410 e. The van der Waals surface area contributed by atoms with Gasteiger partial charge in [0.15, 0.2) is 0 Å². The Bertz CT molecular complexity index is 691. The molecule has 2 amide bonds. The average Bonchev–Trinajstić information content (AvgIpc) is 3.10. The van der Waals surface area contributed by atoms with Crippen molar-refractivity contribution in [2.24, 2.45) is 5.92 Å². The van der Waals surface area contributed by atoms with E-state index >= 15 is 0 Å². The average molecular weight is 389 g/mol. The number of nitrogens with two attached hydrogens (primary N) is 1. The van der Waals surface area contributed by atoms with E-state index < -0.39 is 5.60 Å². The van der Waals surface area contributed by atoms with Gasteiger partial charge in [-0.1, -0.05) is 0 Å². The van der Waals surface area contributed by atoms with Gasteiger partial charge in [0, 0.05) is 57.1 Å². The summed E-state index contributed by atoms with van der Waals surface area (Å²) in [5.74, 6) is 0.531. The van der Waals surface area contributed by atoms with Crippen molar-refractivity contribution in [3.8, 4) is 0 Å². The largest absolute Gasteiger partial charge is 0.444 e. The molecule has 3 rings (SSSR count). The predicted octanol–water partition coefficient (Wildman–Crippen LogP) is 2.28. The van der Waals surface area contributed by atoms with Crippen molar-refractivity contribution < 1.29 is 14.3 Å². The fourth-order valence-corrected chi connectivity index (χ4v) is 3.78. The number of rotatable bonds is 3. The second-order valence-corrected chi connectivity index (χ2v) is 8.80. The summed E-state index contributed by atoms with van der Waals surface area (Å²) in [5, 5.41) is 0. The van der Waals surface area contributed by atoms with Crippen LogP contribution in [-0.2, 0) is 4.74 Å². The van der Waals surface area contributed by atoms with Crippen LogP contribution >= 0.6 is 0 Å². The minimum atomic E-state index is -0.456. The summed E-state index contributed by atoms with van der Waals surface area (Å²) < 4.78 is 5.47. The molecule has 0 saturated carbocycles. The van der Waals surface area contributed by atoms with Crippen LogP contribution < -0.4 is 5.73 Å². The van der Waals surface area contributed by atoms with E-state index in [4.69, 9.17) is 10.5 Å². The lowest BCUT2D eigenvalue weighted by atomic mass is 10.1. The monoisotopic (exact) mass is 388 g/mol. The van der Waals surface area contributed by atoms with Gasteiger partial charge in [-0.3, -0.25) is 9.69 Å². The molecule has 154 valence electrons. The van der Waals surface area contributed by atoms with Gasteiger partial charge in [0.2, 0.25) is 0 Å². The maximum absolute atomic E-state index is 12.6. The highest BCUT2D eigenvalue weighted by Gasteiger charge is 2.31. The van der Waals surface area contributed by atoms with Gasteiger partial charge in [-0.25, -0.2) is 4.79 Å². The lowest BCUT2D eigenvalue weighted by molar-refractivity contribution is 0.0281. The van der Waals surface area contributed by atoms with Crippen LogP contribution in [0.4, 0.5) is 10.5 Å². The molecule has 2 aliphatic rings. The quantitative estimate of drug-likeness (QED) is 0.804.